The molecule has 6 nitrogen and oxygen atoms in total. The van der Waals surface area contributed by atoms with Gasteiger partial charge in [0, 0.05) is 5.92 Å². The zero-order valence-electron chi connectivity index (χ0n) is 25.8. The Kier molecular flexibility index (Phi) is 13.2. The van der Waals surface area contributed by atoms with Gasteiger partial charge in [0.05, 0.1) is 39.0 Å². The highest BCUT2D eigenvalue weighted by Gasteiger charge is 2.44. The van der Waals surface area contributed by atoms with Crippen LogP contribution in [0.4, 0.5) is 0 Å². The van der Waals surface area contributed by atoms with Gasteiger partial charge in [-0.1, -0.05) is 52.8 Å². The number of carbonyl (C=O) groups is 1. The number of carbonyl (C=O) groups excluding carboxylic acids is 1. The molecule has 0 aliphatic carbocycles. The summed E-state index contributed by atoms with van der Waals surface area (Å²) in [6.45, 7) is 25.4. The molecule has 38 heavy (non-hydrogen) atoms. The minimum atomic E-state index is -2.22. The average molecular weight is 551 g/mol. The number of hydrogen-bond acceptors (Lipinski definition) is 6. The van der Waals surface area contributed by atoms with Crippen molar-refractivity contribution in [2.45, 2.75) is 111 Å². The normalized spacial score (nSPS) is 16.7. The lowest BCUT2D eigenvalue weighted by Gasteiger charge is -2.44. The maximum absolute atomic E-state index is 12.7. The van der Waals surface area contributed by atoms with Crippen molar-refractivity contribution in [3.63, 3.8) is 0 Å². The van der Waals surface area contributed by atoms with Gasteiger partial charge in [-0.25, -0.2) is 0 Å². The number of ether oxygens (including phenoxy) is 3. The van der Waals surface area contributed by atoms with Gasteiger partial charge >= 0.3 is 5.97 Å². The summed E-state index contributed by atoms with van der Waals surface area (Å²) in [6.07, 6.45) is 1.42. The molecule has 0 unspecified atom stereocenters. The van der Waals surface area contributed by atoms with Gasteiger partial charge < -0.3 is 23.7 Å². The number of allylic oxidation sites excluding steroid dienone is 1. The van der Waals surface area contributed by atoms with Crippen molar-refractivity contribution in [3.8, 4) is 5.75 Å². The summed E-state index contributed by atoms with van der Waals surface area (Å²) in [4.78, 5) is 12.7. The Bertz CT molecular complexity index is 853. The Morgan fingerprint density at radius 1 is 1.08 bits per heavy atom. The minimum Gasteiger partial charge on any atom is -0.497 e. The molecule has 218 valence electrons. The average Bonchev–Trinajstić information content (AvgIpc) is 2.78. The van der Waals surface area contributed by atoms with Crippen LogP contribution < -0.4 is 4.74 Å². The predicted octanol–water partition coefficient (Wildman–Crippen LogP) is 7.16. The molecule has 1 aromatic rings. The van der Waals surface area contributed by atoms with E-state index in [1.165, 1.54) is 0 Å². The lowest BCUT2D eigenvalue weighted by Crippen LogP contribution is -2.51. The molecule has 0 fully saturated rings. The topological polar surface area (TPSA) is 74.2 Å². The number of aliphatic hydroxyl groups is 1. The Morgan fingerprint density at radius 3 is 2.13 bits per heavy atom. The second kappa shape index (κ2) is 14.6. The number of hydrogen-bond donors (Lipinski definition) is 1. The van der Waals surface area contributed by atoms with E-state index in [1.807, 2.05) is 51.1 Å². The van der Waals surface area contributed by atoms with Crippen LogP contribution in [0.25, 0.3) is 0 Å². The van der Waals surface area contributed by atoms with E-state index >= 15 is 0 Å². The smallest absolute Gasteiger partial charge is 0.308 e. The summed E-state index contributed by atoms with van der Waals surface area (Å²) < 4.78 is 24.0. The van der Waals surface area contributed by atoms with E-state index < -0.39 is 31.9 Å². The highest BCUT2D eigenvalue weighted by molar-refractivity contribution is 6.74. The Balaban J connectivity index is 3.29. The zero-order chi connectivity index (χ0) is 29.3. The van der Waals surface area contributed by atoms with Gasteiger partial charge in [-0.15, -0.1) is 6.58 Å². The van der Waals surface area contributed by atoms with Crippen LogP contribution in [-0.2, 0) is 25.3 Å². The molecule has 0 aliphatic rings. The largest absolute Gasteiger partial charge is 0.497 e. The second-order valence-corrected chi connectivity index (χ2v) is 17.9. The standard InChI is InChI=1S/C31H54O6Si/c1-13-22(2)18-23(3)29(37-38(11,12)31(7,8)9)26(27(32)19-28(33)36-30(4,5)6)21-35-20-24-14-16-25(34-10)17-15-24/h13-17,22-23,26-27,29,32H,1,18-21H2,2-12H3/t22-,23-,26-,27+,29-/m1/s1. The monoisotopic (exact) mass is 550 g/mol. The van der Waals surface area contributed by atoms with E-state index in [0.29, 0.717) is 12.5 Å². The fraction of sp³-hybridized carbons (Fsp3) is 0.710. The minimum absolute atomic E-state index is 0.0142. The Hall–Kier alpha value is -1.67. The third-order valence-corrected chi connectivity index (χ3v) is 11.9. The van der Waals surface area contributed by atoms with Crippen molar-refractivity contribution >= 4 is 14.3 Å². The number of rotatable bonds is 15. The Labute approximate surface area is 233 Å². The molecular weight excluding hydrogens is 496 g/mol. The third kappa shape index (κ3) is 11.6. The molecule has 0 aromatic heterocycles. The van der Waals surface area contributed by atoms with E-state index in [-0.39, 0.29) is 30.1 Å². The Morgan fingerprint density at radius 2 is 1.66 bits per heavy atom. The fourth-order valence-corrected chi connectivity index (χ4v) is 5.57. The molecule has 0 aliphatic heterocycles. The van der Waals surface area contributed by atoms with Gasteiger partial charge in [0.2, 0.25) is 0 Å². The van der Waals surface area contributed by atoms with E-state index in [0.717, 1.165) is 17.7 Å². The van der Waals surface area contributed by atoms with Crippen LogP contribution in [0.15, 0.2) is 36.9 Å². The highest BCUT2D eigenvalue weighted by atomic mass is 28.4. The van der Waals surface area contributed by atoms with Gasteiger partial charge in [0.15, 0.2) is 8.32 Å². The van der Waals surface area contributed by atoms with Crippen LogP contribution in [0, 0.1) is 17.8 Å². The molecule has 0 bridgehead atoms. The highest BCUT2D eigenvalue weighted by Crippen LogP contribution is 2.40. The van der Waals surface area contributed by atoms with Crippen molar-refractivity contribution < 1.29 is 28.5 Å². The van der Waals surface area contributed by atoms with Crippen LogP contribution in [0.5, 0.6) is 5.75 Å². The summed E-state index contributed by atoms with van der Waals surface area (Å²) in [7, 11) is -0.577. The van der Waals surface area contributed by atoms with E-state index in [2.05, 4.69) is 54.3 Å². The van der Waals surface area contributed by atoms with Gasteiger partial charge in [-0.05, 0) is 74.9 Å². The molecule has 0 radical (unpaired) electrons. The molecule has 0 amide bonds. The molecule has 0 saturated carbocycles. The van der Waals surface area contributed by atoms with Crippen molar-refractivity contribution in [2.24, 2.45) is 17.8 Å². The summed E-state index contributed by atoms with van der Waals surface area (Å²) in [5.41, 5.74) is 0.377. The molecule has 1 N–H and O–H groups in total. The maximum Gasteiger partial charge on any atom is 0.308 e. The summed E-state index contributed by atoms with van der Waals surface area (Å²) in [5, 5.41) is 11.5. The van der Waals surface area contributed by atoms with E-state index in [4.69, 9.17) is 18.6 Å². The van der Waals surface area contributed by atoms with Gasteiger partial charge in [-0.3, -0.25) is 4.79 Å². The van der Waals surface area contributed by atoms with Crippen LogP contribution in [0.3, 0.4) is 0 Å². The van der Waals surface area contributed by atoms with E-state index in [9.17, 15) is 9.90 Å². The number of esters is 1. The first-order valence-corrected chi connectivity index (χ1v) is 16.7. The summed E-state index contributed by atoms with van der Waals surface area (Å²) in [6, 6.07) is 7.72. The number of aliphatic hydroxyl groups excluding tert-OH is 1. The molecule has 1 rings (SSSR count). The van der Waals surface area contributed by atoms with Crippen LogP contribution in [-0.4, -0.2) is 50.9 Å². The molecule has 7 heteroatoms. The van der Waals surface area contributed by atoms with Crippen molar-refractivity contribution in [1.82, 2.24) is 0 Å². The molecule has 0 spiro atoms. The number of methoxy groups -OCH3 is 1. The first kappa shape index (κ1) is 34.4. The number of benzene rings is 1. The summed E-state index contributed by atoms with van der Waals surface area (Å²) in [5.74, 6) is 0.344. The van der Waals surface area contributed by atoms with Gasteiger partial charge in [0.25, 0.3) is 0 Å². The van der Waals surface area contributed by atoms with E-state index in [1.54, 1.807) is 7.11 Å². The van der Waals surface area contributed by atoms with Crippen LogP contribution in [0.2, 0.25) is 18.1 Å². The van der Waals surface area contributed by atoms with Crippen molar-refractivity contribution in [2.75, 3.05) is 13.7 Å². The van der Waals surface area contributed by atoms with Crippen molar-refractivity contribution in [1.29, 1.82) is 0 Å². The predicted molar refractivity (Wildman–Crippen MR) is 158 cm³/mol. The maximum atomic E-state index is 12.7. The van der Waals surface area contributed by atoms with Gasteiger partial charge in [-0.2, -0.15) is 0 Å². The van der Waals surface area contributed by atoms with Crippen LogP contribution in [0.1, 0.15) is 73.8 Å². The zero-order valence-corrected chi connectivity index (χ0v) is 26.8. The molecule has 5 atom stereocenters. The van der Waals surface area contributed by atoms with Crippen molar-refractivity contribution in [3.05, 3.63) is 42.5 Å². The quantitative estimate of drug-likeness (QED) is 0.142. The lowest BCUT2D eigenvalue weighted by molar-refractivity contribution is -0.159. The third-order valence-electron chi connectivity index (χ3n) is 7.39. The molecule has 0 heterocycles. The summed E-state index contributed by atoms with van der Waals surface area (Å²) >= 11 is 0. The first-order chi connectivity index (χ1) is 17.4. The molecule has 0 saturated heterocycles. The van der Waals surface area contributed by atoms with Gasteiger partial charge in [0.1, 0.15) is 11.4 Å². The fourth-order valence-electron chi connectivity index (χ4n) is 4.12. The second-order valence-electron chi connectivity index (χ2n) is 13.2. The lowest BCUT2D eigenvalue weighted by atomic mass is 9.83. The molecule has 1 aromatic carbocycles. The van der Waals surface area contributed by atoms with Crippen LogP contribution >= 0.6 is 0 Å². The SMILES string of the molecule is C=C[C@@H](C)C[C@@H](C)[C@@H](O[Si](C)(C)C(C)(C)C)[C@H](COCc1ccc(OC)cc1)[C@@H](O)CC(=O)OC(C)(C)C. The molecular formula is C31H54O6Si. The first-order valence-electron chi connectivity index (χ1n) is 13.8.